The summed E-state index contributed by atoms with van der Waals surface area (Å²) in [7, 11) is 0. The molecule has 0 aliphatic carbocycles. The number of pyridine rings is 1. The van der Waals surface area contributed by atoms with Crippen LogP contribution in [0.25, 0.3) is 11.0 Å². The van der Waals surface area contributed by atoms with Crippen molar-refractivity contribution in [3.05, 3.63) is 30.1 Å². The Bertz CT molecular complexity index is 664. The zero-order chi connectivity index (χ0) is 15.7. The van der Waals surface area contributed by atoms with Crippen LogP contribution in [0.5, 0.6) is 0 Å². The highest BCUT2D eigenvalue weighted by molar-refractivity contribution is 5.79. The lowest BCUT2D eigenvalue weighted by Crippen LogP contribution is -2.41. The molecule has 0 bridgehead atoms. The maximum atomic E-state index is 12.1. The molecular weight excluding hydrogens is 278 g/mol. The predicted molar refractivity (Wildman–Crippen MR) is 85.9 cm³/mol. The van der Waals surface area contributed by atoms with Gasteiger partial charge in [-0.05, 0) is 57.2 Å². The Morgan fingerprint density at radius 1 is 1.32 bits per heavy atom. The smallest absolute Gasteiger partial charge is 0.410 e. The number of fused-ring (bicyclic) bond motifs is 1. The highest BCUT2D eigenvalue weighted by Gasteiger charge is 2.28. The molecule has 22 heavy (non-hydrogen) atoms. The fraction of sp³-hybridized carbons (Fsp3) is 0.529. The topological polar surface area (TPSA) is 58.2 Å². The van der Waals surface area contributed by atoms with Crippen molar-refractivity contribution in [2.75, 3.05) is 13.1 Å². The summed E-state index contributed by atoms with van der Waals surface area (Å²) >= 11 is 0. The zero-order valence-electron chi connectivity index (χ0n) is 13.4. The quantitative estimate of drug-likeness (QED) is 0.874. The van der Waals surface area contributed by atoms with E-state index >= 15 is 0 Å². The second-order valence-corrected chi connectivity index (χ2v) is 6.88. The average Bonchev–Trinajstić information content (AvgIpc) is 2.94. The van der Waals surface area contributed by atoms with Gasteiger partial charge in [0.15, 0.2) is 0 Å². The van der Waals surface area contributed by atoms with E-state index in [0.717, 1.165) is 31.6 Å². The summed E-state index contributed by atoms with van der Waals surface area (Å²) in [6, 6.07) is 4.18. The van der Waals surface area contributed by atoms with E-state index in [1.807, 2.05) is 38.1 Å². The summed E-state index contributed by atoms with van der Waals surface area (Å²) in [4.78, 5) is 21.4. The first-order valence-corrected chi connectivity index (χ1v) is 7.84. The Kier molecular flexibility index (Phi) is 3.81. The molecule has 118 valence electrons. The number of rotatable bonds is 1. The summed E-state index contributed by atoms with van der Waals surface area (Å²) < 4.78 is 5.45. The molecule has 3 heterocycles. The summed E-state index contributed by atoms with van der Waals surface area (Å²) in [6.45, 7) is 7.19. The van der Waals surface area contributed by atoms with Crippen LogP contribution in [0, 0.1) is 0 Å². The summed E-state index contributed by atoms with van der Waals surface area (Å²) in [5.41, 5.74) is 1.83. The average molecular weight is 301 g/mol. The Hall–Kier alpha value is -2.04. The summed E-state index contributed by atoms with van der Waals surface area (Å²) in [5, 5.41) is 1.19. The standard InChI is InChI=1S/C17H23N3O2/c1-17(2,3)22-16(21)20-10-6-12(7-11-20)13-4-8-18-15-14(13)5-9-19-15/h4-5,8-9,12H,6-7,10-11H2,1-3H3,(H,18,19). The molecule has 1 amide bonds. The first kappa shape index (κ1) is 14.9. The highest BCUT2D eigenvalue weighted by Crippen LogP contribution is 2.32. The van der Waals surface area contributed by atoms with Crippen LogP contribution in [0.1, 0.15) is 45.1 Å². The molecule has 2 aromatic rings. The van der Waals surface area contributed by atoms with Gasteiger partial charge in [0.05, 0.1) is 0 Å². The van der Waals surface area contributed by atoms with Gasteiger partial charge in [-0.2, -0.15) is 0 Å². The van der Waals surface area contributed by atoms with Gasteiger partial charge in [-0.15, -0.1) is 0 Å². The predicted octanol–water partition coefficient (Wildman–Crippen LogP) is 3.68. The molecule has 1 aliphatic heterocycles. The normalized spacial score (nSPS) is 17.0. The minimum atomic E-state index is -0.434. The van der Waals surface area contributed by atoms with Crippen LogP contribution in [0.4, 0.5) is 4.79 Å². The van der Waals surface area contributed by atoms with Crippen molar-refractivity contribution in [2.45, 2.75) is 45.1 Å². The van der Waals surface area contributed by atoms with Gasteiger partial charge < -0.3 is 14.6 Å². The van der Waals surface area contributed by atoms with Crippen molar-refractivity contribution in [3.63, 3.8) is 0 Å². The third kappa shape index (κ3) is 3.08. The van der Waals surface area contributed by atoms with E-state index in [4.69, 9.17) is 4.74 Å². The monoisotopic (exact) mass is 301 g/mol. The van der Waals surface area contributed by atoms with Crippen LogP contribution < -0.4 is 0 Å². The van der Waals surface area contributed by atoms with Gasteiger partial charge in [0.2, 0.25) is 0 Å². The van der Waals surface area contributed by atoms with Crippen molar-refractivity contribution >= 4 is 17.1 Å². The van der Waals surface area contributed by atoms with E-state index in [1.165, 1.54) is 10.9 Å². The Morgan fingerprint density at radius 3 is 2.73 bits per heavy atom. The molecule has 1 aliphatic rings. The molecule has 0 radical (unpaired) electrons. The number of aromatic amines is 1. The van der Waals surface area contributed by atoms with E-state index in [1.54, 1.807) is 0 Å². The number of hydrogen-bond acceptors (Lipinski definition) is 3. The molecule has 2 aromatic heterocycles. The van der Waals surface area contributed by atoms with Crippen molar-refractivity contribution in [1.82, 2.24) is 14.9 Å². The van der Waals surface area contributed by atoms with Gasteiger partial charge in [0.25, 0.3) is 0 Å². The number of likely N-dealkylation sites (tertiary alicyclic amines) is 1. The minimum absolute atomic E-state index is 0.201. The molecule has 1 saturated heterocycles. The molecule has 1 fully saturated rings. The number of H-pyrrole nitrogens is 1. The maximum Gasteiger partial charge on any atom is 0.410 e. The largest absolute Gasteiger partial charge is 0.444 e. The number of nitrogens with one attached hydrogen (secondary N) is 1. The van der Waals surface area contributed by atoms with Crippen LogP contribution in [0.2, 0.25) is 0 Å². The van der Waals surface area contributed by atoms with Gasteiger partial charge >= 0.3 is 6.09 Å². The first-order valence-electron chi connectivity index (χ1n) is 7.84. The van der Waals surface area contributed by atoms with Crippen LogP contribution in [0.3, 0.4) is 0 Å². The molecule has 5 heteroatoms. The fourth-order valence-electron chi connectivity index (χ4n) is 3.04. The van der Waals surface area contributed by atoms with E-state index in [9.17, 15) is 4.79 Å². The summed E-state index contributed by atoms with van der Waals surface area (Å²) in [6.07, 6.45) is 5.51. The van der Waals surface area contributed by atoms with E-state index in [-0.39, 0.29) is 6.09 Å². The maximum absolute atomic E-state index is 12.1. The Balaban J connectivity index is 1.67. The van der Waals surface area contributed by atoms with Gasteiger partial charge in [0, 0.05) is 30.9 Å². The van der Waals surface area contributed by atoms with Crippen LogP contribution in [-0.4, -0.2) is 39.7 Å². The van der Waals surface area contributed by atoms with Crippen molar-refractivity contribution in [1.29, 1.82) is 0 Å². The Labute approximate surface area is 130 Å². The lowest BCUT2D eigenvalue weighted by Gasteiger charge is -2.33. The fourth-order valence-corrected chi connectivity index (χ4v) is 3.04. The van der Waals surface area contributed by atoms with E-state index in [0.29, 0.717) is 5.92 Å². The summed E-state index contributed by atoms with van der Waals surface area (Å²) in [5.74, 6) is 0.472. The van der Waals surface area contributed by atoms with Gasteiger partial charge in [-0.3, -0.25) is 0 Å². The van der Waals surface area contributed by atoms with Crippen LogP contribution >= 0.6 is 0 Å². The second-order valence-electron chi connectivity index (χ2n) is 6.88. The first-order chi connectivity index (χ1) is 10.4. The molecule has 5 nitrogen and oxygen atoms in total. The number of aromatic nitrogens is 2. The third-order valence-electron chi connectivity index (χ3n) is 4.08. The highest BCUT2D eigenvalue weighted by atomic mass is 16.6. The number of piperidine rings is 1. The number of amides is 1. The van der Waals surface area contributed by atoms with E-state index < -0.39 is 5.60 Å². The van der Waals surface area contributed by atoms with Gasteiger partial charge in [0.1, 0.15) is 11.2 Å². The zero-order valence-corrected chi connectivity index (χ0v) is 13.4. The van der Waals surface area contributed by atoms with Crippen molar-refractivity contribution in [2.24, 2.45) is 0 Å². The van der Waals surface area contributed by atoms with Gasteiger partial charge in [-0.1, -0.05) is 0 Å². The second kappa shape index (κ2) is 5.63. The van der Waals surface area contributed by atoms with Gasteiger partial charge in [-0.25, -0.2) is 9.78 Å². The lowest BCUT2D eigenvalue weighted by atomic mass is 9.88. The SMILES string of the molecule is CC(C)(C)OC(=O)N1CCC(c2ccnc3[nH]ccc23)CC1. The number of hydrogen-bond donors (Lipinski definition) is 1. The minimum Gasteiger partial charge on any atom is -0.444 e. The number of carbonyl (C=O) groups is 1. The molecule has 0 unspecified atom stereocenters. The molecule has 1 N–H and O–H groups in total. The molecular formula is C17H23N3O2. The number of carbonyl (C=O) groups excluding carboxylic acids is 1. The van der Waals surface area contributed by atoms with Crippen LogP contribution in [0.15, 0.2) is 24.5 Å². The third-order valence-corrected chi connectivity index (χ3v) is 4.08. The van der Waals surface area contributed by atoms with Crippen molar-refractivity contribution < 1.29 is 9.53 Å². The molecule has 0 spiro atoms. The molecule has 3 rings (SSSR count). The molecule has 0 aromatic carbocycles. The number of ether oxygens (including phenoxy) is 1. The lowest BCUT2D eigenvalue weighted by molar-refractivity contribution is 0.0205. The van der Waals surface area contributed by atoms with Crippen molar-refractivity contribution in [3.8, 4) is 0 Å². The van der Waals surface area contributed by atoms with Crippen LogP contribution in [-0.2, 0) is 4.74 Å². The van der Waals surface area contributed by atoms with E-state index in [2.05, 4.69) is 22.1 Å². The molecule has 0 atom stereocenters. The number of nitrogens with zero attached hydrogens (tertiary/aromatic N) is 2. The Morgan fingerprint density at radius 2 is 2.05 bits per heavy atom. The molecule has 0 saturated carbocycles.